The van der Waals surface area contributed by atoms with Crippen LogP contribution in [0.2, 0.25) is 0 Å². The number of nitrogens with zero attached hydrogens (tertiary/aromatic N) is 2. The Bertz CT molecular complexity index is 863. The Morgan fingerprint density at radius 2 is 1.85 bits per heavy atom. The molecule has 140 valence electrons. The van der Waals surface area contributed by atoms with Crippen molar-refractivity contribution in [2.24, 2.45) is 10.2 Å². The summed E-state index contributed by atoms with van der Waals surface area (Å²) in [6.07, 6.45) is 0.963. The van der Waals surface area contributed by atoms with Gasteiger partial charge in [0.05, 0.1) is 5.69 Å². The van der Waals surface area contributed by atoms with Gasteiger partial charge in [-0.15, -0.1) is 5.11 Å². The summed E-state index contributed by atoms with van der Waals surface area (Å²) in [6.45, 7) is 1.34. The maximum Gasteiger partial charge on any atom is 0.242 e. The van der Waals surface area contributed by atoms with E-state index in [4.69, 9.17) is 0 Å². The molecule has 0 spiro atoms. The van der Waals surface area contributed by atoms with Gasteiger partial charge in [-0.2, -0.15) is 5.11 Å². The summed E-state index contributed by atoms with van der Waals surface area (Å²) >= 11 is 0. The molecule has 2 amide bonds. The predicted molar refractivity (Wildman–Crippen MR) is 99.5 cm³/mol. The fourth-order valence-electron chi connectivity index (χ4n) is 2.37. The topological polar surface area (TPSA) is 120 Å². The van der Waals surface area contributed by atoms with Crippen LogP contribution in [-0.4, -0.2) is 36.3 Å². The van der Waals surface area contributed by atoms with E-state index in [1.54, 1.807) is 36.4 Å². The summed E-state index contributed by atoms with van der Waals surface area (Å²) < 4.78 is 0. The van der Waals surface area contributed by atoms with Crippen LogP contribution < -0.4 is 10.6 Å². The van der Waals surface area contributed by atoms with Crippen molar-refractivity contribution in [2.75, 3.05) is 7.05 Å². The van der Waals surface area contributed by atoms with Crippen LogP contribution in [0.1, 0.15) is 22.8 Å². The third-order valence-electron chi connectivity index (χ3n) is 3.72. The van der Waals surface area contributed by atoms with Crippen LogP contribution in [0.4, 0.5) is 11.4 Å². The number of nitrogens with one attached hydrogen (secondary N) is 2. The van der Waals surface area contributed by atoms with Crippen molar-refractivity contribution in [1.82, 2.24) is 10.6 Å². The number of aldehydes is 1. The number of carbonyl (C=O) groups is 3. The molecular formula is C19H20N4O4. The Labute approximate surface area is 156 Å². The van der Waals surface area contributed by atoms with E-state index in [-0.39, 0.29) is 29.7 Å². The number of carbonyl (C=O) groups excluding carboxylic acids is 3. The Kier molecular flexibility index (Phi) is 6.76. The number of aromatic hydroxyl groups is 1. The highest BCUT2D eigenvalue weighted by Crippen LogP contribution is 2.29. The maximum absolute atomic E-state index is 11.9. The number of hydrogen-bond acceptors (Lipinski definition) is 6. The van der Waals surface area contributed by atoms with Gasteiger partial charge >= 0.3 is 0 Å². The van der Waals surface area contributed by atoms with Crippen LogP contribution in [0.5, 0.6) is 5.75 Å². The van der Waals surface area contributed by atoms with Crippen molar-refractivity contribution in [3.05, 3.63) is 53.6 Å². The lowest BCUT2D eigenvalue weighted by atomic mass is 10.0. The molecule has 0 saturated heterocycles. The molecule has 0 heterocycles. The molecule has 8 heteroatoms. The Hall–Kier alpha value is -3.55. The fraction of sp³-hybridized carbons (Fsp3) is 0.211. The first kappa shape index (κ1) is 19.8. The van der Waals surface area contributed by atoms with Gasteiger partial charge in [0.1, 0.15) is 23.8 Å². The molecule has 27 heavy (non-hydrogen) atoms. The SMILES string of the molecule is CNC(=O)[C@H](Cc1ccc(O)c(/N=N/c2ccc(C=O)cc2)c1)NC(C)=O. The number of rotatable bonds is 7. The van der Waals surface area contributed by atoms with Gasteiger partial charge < -0.3 is 15.7 Å². The van der Waals surface area contributed by atoms with E-state index >= 15 is 0 Å². The van der Waals surface area contributed by atoms with Crippen LogP contribution in [0.25, 0.3) is 0 Å². The summed E-state index contributed by atoms with van der Waals surface area (Å²) in [4.78, 5) is 33.9. The average molecular weight is 368 g/mol. The lowest BCUT2D eigenvalue weighted by molar-refractivity contribution is -0.127. The van der Waals surface area contributed by atoms with Crippen LogP contribution >= 0.6 is 0 Å². The highest BCUT2D eigenvalue weighted by Gasteiger charge is 2.19. The Morgan fingerprint density at radius 3 is 2.44 bits per heavy atom. The Balaban J connectivity index is 2.20. The summed E-state index contributed by atoms with van der Waals surface area (Å²) in [7, 11) is 1.49. The maximum atomic E-state index is 11.9. The van der Waals surface area contributed by atoms with E-state index in [9.17, 15) is 19.5 Å². The molecule has 0 aliphatic carbocycles. The number of phenols is 1. The molecule has 8 nitrogen and oxygen atoms in total. The van der Waals surface area contributed by atoms with Gasteiger partial charge in [-0.05, 0) is 42.0 Å². The number of benzene rings is 2. The molecule has 0 fully saturated rings. The molecule has 0 bridgehead atoms. The van der Waals surface area contributed by atoms with Gasteiger partial charge in [-0.3, -0.25) is 14.4 Å². The van der Waals surface area contributed by atoms with Crippen LogP contribution in [-0.2, 0) is 16.0 Å². The number of amides is 2. The monoisotopic (exact) mass is 368 g/mol. The highest BCUT2D eigenvalue weighted by atomic mass is 16.3. The molecule has 2 aromatic rings. The van der Waals surface area contributed by atoms with Crippen molar-refractivity contribution >= 4 is 29.5 Å². The van der Waals surface area contributed by atoms with Gasteiger partial charge in [0.15, 0.2) is 0 Å². The minimum absolute atomic E-state index is 0.0666. The lowest BCUT2D eigenvalue weighted by Gasteiger charge is -2.16. The first-order chi connectivity index (χ1) is 12.9. The zero-order valence-electron chi connectivity index (χ0n) is 15.0. The van der Waals surface area contributed by atoms with Crippen LogP contribution in [0.15, 0.2) is 52.7 Å². The largest absolute Gasteiger partial charge is 0.506 e. The van der Waals surface area contributed by atoms with E-state index < -0.39 is 6.04 Å². The van der Waals surface area contributed by atoms with E-state index in [1.807, 2.05) is 0 Å². The average Bonchev–Trinajstić information content (AvgIpc) is 2.67. The standard InChI is InChI=1S/C19H20N4O4/c1-12(25)21-17(19(27)20-2)10-14-5-8-18(26)16(9-14)23-22-15-6-3-13(11-24)4-7-15/h3-9,11,17,26H,10H2,1-2H3,(H,20,27)(H,21,25)/b23-22+/t17-/m0/s1. The van der Waals surface area contributed by atoms with Gasteiger partial charge in [-0.25, -0.2) is 0 Å². The second-order valence-electron chi connectivity index (χ2n) is 5.80. The van der Waals surface area contributed by atoms with Crippen molar-refractivity contribution < 1.29 is 19.5 Å². The molecule has 0 unspecified atom stereocenters. The Morgan fingerprint density at radius 1 is 1.15 bits per heavy atom. The molecule has 0 aliphatic rings. The quantitative estimate of drug-likeness (QED) is 0.513. The molecule has 0 saturated carbocycles. The van der Waals surface area contributed by atoms with Gasteiger partial charge in [0, 0.05) is 26.0 Å². The zero-order chi connectivity index (χ0) is 19.8. The molecule has 0 radical (unpaired) electrons. The smallest absolute Gasteiger partial charge is 0.242 e. The van der Waals surface area contributed by atoms with E-state index in [1.165, 1.54) is 20.0 Å². The van der Waals surface area contributed by atoms with Crippen molar-refractivity contribution in [1.29, 1.82) is 0 Å². The second kappa shape index (κ2) is 9.23. The first-order valence-corrected chi connectivity index (χ1v) is 8.20. The third kappa shape index (κ3) is 5.74. The highest BCUT2D eigenvalue weighted by molar-refractivity contribution is 5.86. The number of likely N-dealkylation sites (N-methyl/N-ethyl adjacent to an activating group) is 1. The second-order valence-corrected chi connectivity index (χ2v) is 5.80. The number of phenolic OH excluding ortho intramolecular Hbond substituents is 1. The summed E-state index contributed by atoms with van der Waals surface area (Å²) in [5, 5.41) is 23.1. The molecule has 0 aromatic heterocycles. The van der Waals surface area contributed by atoms with E-state index in [0.29, 0.717) is 16.8 Å². The molecule has 2 rings (SSSR count). The lowest BCUT2D eigenvalue weighted by Crippen LogP contribution is -2.46. The van der Waals surface area contributed by atoms with E-state index in [2.05, 4.69) is 20.9 Å². The normalized spacial score (nSPS) is 11.8. The molecular weight excluding hydrogens is 348 g/mol. The van der Waals surface area contributed by atoms with Crippen LogP contribution in [0.3, 0.4) is 0 Å². The minimum Gasteiger partial charge on any atom is -0.506 e. The van der Waals surface area contributed by atoms with E-state index in [0.717, 1.165) is 6.29 Å². The zero-order valence-corrected chi connectivity index (χ0v) is 15.0. The minimum atomic E-state index is -0.738. The number of hydrogen-bond donors (Lipinski definition) is 3. The van der Waals surface area contributed by atoms with Gasteiger partial charge in [0.2, 0.25) is 11.8 Å². The van der Waals surface area contributed by atoms with Crippen molar-refractivity contribution in [2.45, 2.75) is 19.4 Å². The number of azo groups is 1. The molecule has 2 aromatic carbocycles. The summed E-state index contributed by atoms with van der Waals surface area (Å²) in [5.74, 6) is -0.708. The molecule has 0 aliphatic heterocycles. The molecule has 3 N–H and O–H groups in total. The predicted octanol–water partition coefficient (Wildman–Crippen LogP) is 2.41. The molecule has 1 atom stereocenters. The fourth-order valence-corrected chi connectivity index (χ4v) is 2.37. The first-order valence-electron chi connectivity index (χ1n) is 8.20. The van der Waals surface area contributed by atoms with Crippen LogP contribution in [0, 0.1) is 0 Å². The summed E-state index contributed by atoms with van der Waals surface area (Å²) in [6, 6.07) is 10.4. The van der Waals surface area contributed by atoms with Crippen molar-refractivity contribution in [3.8, 4) is 5.75 Å². The third-order valence-corrected chi connectivity index (χ3v) is 3.72. The van der Waals surface area contributed by atoms with Gasteiger partial charge in [0.25, 0.3) is 0 Å². The summed E-state index contributed by atoms with van der Waals surface area (Å²) in [5.41, 5.74) is 1.97. The van der Waals surface area contributed by atoms with Gasteiger partial charge in [-0.1, -0.05) is 6.07 Å². The van der Waals surface area contributed by atoms with Crippen molar-refractivity contribution in [3.63, 3.8) is 0 Å².